The van der Waals surface area contributed by atoms with Crippen molar-refractivity contribution in [2.45, 2.75) is 93.3 Å². The first-order valence-corrected chi connectivity index (χ1v) is 25.1. The second-order valence-electron chi connectivity index (χ2n) is 22.8. The lowest BCUT2D eigenvalue weighted by Crippen LogP contribution is -2.49. The lowest BCUT2D eigenvalue weighted by Gasteiger charge is -2.56. The Balaban J connectivity index is 0.836. The molecule has 7 aromatic rings. The van der Waals surface area contributed by atoms with Gasteiger partial charge in [-0.25, -0.2) is 15.0 Å². The van der Waals surface area contributed by atoms with Gasteiger partial charge in [-0.15, -0.1) is 0 Å². The lowest BCUT2D eigenvalue weighted by molar-refractivity contribution is -0.00938. The topological polar surface area (TPSA) is 47.9 Å². The Morgan fingerprint density at radius 3 is 1.75 bits per heavy atom. The smallest absolute Gasteiger partial charge is 0.164 e. The molecule has 1 aromatic heterocycles. The minimum Gasteiger partial charge on any atom is -0.457 e. The van der Waals surface area contributed by atoms with E-state index in [-0.39, 0.29) is 5.41 Å². The van der Waals surface area contributed by atoms with Crippen LogP contribution in [-0.4, -0.2) is 15.0 Å². The number of fused-ring (bicyclic) bond motifs is 11. The zero-order valence-corrected chi connectivity index (χ0v) is 37.0. The quantitative estimate of drug-likeness (QED) is 0.173. The summed E-state index contributed by atoms with van der Waals surface area (Å²) in [5.74, 6) is 9.77. The van der Waals surface area contributed by atoms with Gasteiger partial charge in [-0.2, -0.15) is 0 Å². The summed E-state index contributed by atoms with van der Waals surface area (Å²) in [4.78, 5) is 16.7. The maximum absolute atomic E-state index is 6.99. The van der Waals surface area contributed by atoms with Crippen molar-refractivity contribution < 1.29 is 4.74 Å². The molecule has 8 saturated carbocycles. The van der Waals surface area contributed by atoms with E-state index >= 15 is 0 Å². The van der Waals surface area contributed by atoms with Crippen LogP contribution in [0.1, 0.15) is 111 Å². The molecule has 0 amide bonds. The van der Waals surface area contributed by atoms with Crippen LogP contribution in [0.2, 0.25) is 0 Å². The largest absolute Gasteiger partial charge is 0.457 e. The molecule has 65 heavy (non-hydrogen) atoms. The van der Waals surface area contributed by atoms with Crippen LogP contribution in [0.25, 0.3) is 45.0 Å². The van der Waals surface area contributed by atoms with Crippen molar-refractivity contribution in [3.63, 3.8) is 0 Å². The molecule has 5 atom stereocenters. The summed E-state index contributed by atoms with van der Waals surface area (Å²) in [5, 5.41) is 0. The number of para-hydroxylation sites is 1. The summed E-state index contributed by atoms with van der Waals surface area (Å²) in [6.07, 6.45) is 16.6. The van der Waals surface area contributed by atoms with Crippen LogP contribution in [0, 0.1) is 40.9 Å². The molecule has 1 aliphatic heterocycles. The van der Waals surface area contributed by atoms with Crippen molar-refractivity contribution in [3.05, 3.63) is 173 Å². The van der Waals surface area contributed by atoms with E-state index in [0.29, 0.717) is 10.8 Å². The van der Waals surface area contributed by atoms with Crippen LogP contribution >= 0.6 is 0 Å². The van der Waals surface area contributed by atoms with Crippen LogP contribution in [0.15, 0.2) is 140 Å². The Kier molecular flexibility index (Phi) is 7.00. The van der Waals surface area contributed by atoms with Gasteiger partial charge in [0.1, 0.15) is 17.3 Å². The molecular weight excluding hydrogens is 791 g/mol. The van der Waals surface area contributed by atoms with Crippen molar-refractivity contribution in [2.24, 2.45) is 40.9 Å². The first-order chi connectivity index (χ1) is 32.0. The van der Waals surface area contributed by atoms with Crippen molar-refractivity contribution >= 4 is 0 Å². The molecule has 9 aliphatic carbocycles. The predicted molar refractivity (Wildman–Crippen MR) is 256 cm³/mol. The number of rotatable bonds is 5. The zero-order valence-electron chi connectivity index (χ0n) is 37.0. The highest BCUT2D eigenvalue weighted by Crippen LogP contribution is 2.79. The maximum Gasteiger partial charge on any atom is 0.164 e. The Labute approximate surface area is 382 Å². The SMILES string of the molecule is c1ccc2c(c1)Oc1cc(-c3ccccc3-c3nc(-c4ccc(C56CC7C[C@H]8C[C@H](C5)C[C@@]78C6)cc4)nc(C45CC6CC(CC(C6)C4)C5)n3)ccc1C21c2ccccc2-c2ccccc21. The van der Waals surface area contributed by atoms with E-state index in [2.05, 4.69) is 140 Å². The molecule has 0 radical (unpaired) electrons. The molecular formula is C61H53N3O. The summed E-state index contributed by atoms with van der Waals surface area (Å²) >= 11 is 0. The molecule has 318 valence electrons. The highest BCUT2D eigenvalue weighted by atomic mass is 16.5. The maximum atomic E-state index is 6.99. The fourth-order valence-electron chi connectivity index (χ4n) is 17.9. The van der Waals surface area contributed by atoms with Crippen molar-refractivity contribution in [1.82, 2.24) is 15.0 Å². The standard InChI is InChI=1S/C61H53N3O/c1-2-12-48(45(9-1)41-19-22-52-54(27-41)65-53-16-8-7-15-51(53)61(52)49-13-5-3-10-46(49)47-11-4-6-14-50(47)61)56-62-55(63-57(64-56)58-29-36-23-37(30-58)25-38(24-36)31-58)40-17-20-42(21-18-40)59-32-39-26-43-28-44(34-59)60(43,33-39)35-59/h1-22,27,36-39,43-44H,23-26,28-35H2/t36?,37?,38?,39-,43-,44?,58?,59?,60+/m1/s1. The fourth-order valence-corrected chi connectivity index (χ4v) is 17.9. The number of hydrogen-bond acceptors (Lipinski definition) is 4. The third kappa shape index (κ3) is 4.71. The average molecular weight is 844 g/mol. The Hall–Kier alpha value is -5.87. The molecule has 0 N–H and O–H groups in total. The van der Waals surface area contributed by atoms with Crippen molar-refractivity contribution in [1.29, 1.82) is 0 Å². The number of nitrogens with zero attached hydrogens (tertiary/aromatic N) is 3. The van der Waals surface area contributed by atoms with Gasteiger partial charge in [-0.05, 0) is 174 Å². The highest BCUT2D eigenvalue weighted by molar-refractivity contribution is 5.90. The normalized spacial score (nSPS) is 32.6. The van der Waals surface area contributed by atoms with Gasteiger partial charge < -0.3 is 4.74 Å². The van der Waals surface area contributed by atoms with E-state index in [0.717, 1.165) is 86.7 Å². The average Bonchev–Trinajstić information content (AvgIpc) is 3.82. The van der Waals surface area contributed by atoms with E-state index in [1.807, 2.05) is 0 Å². The van der Waals surface area contributed by atoms with E-state index in [1.165, 1.54) is 110 Å². The van der Waals surface area contributed by atoms with Crippen molar-refractivity contribution in [3.8, 4) is 56.5 Å². The van der Waals surface area contributed by atoms with Gasteiger partial charge in [0.05, 0.1) is 5.41 Å². The first kappa shape index (κ1) is 36.4. The van der Waals surface area contributed by atoms with Crippen LogP contribution in [0.3, 0.4) is 0 Å². The third-order valence-electron chi connectivity index (χ3n) is 19.7. The third-order valence-corrected chi connectivity index (χ3v) is 19.7. The van der Waals surface area contributed by atoms with Gasteiger partial charge in [-0.3, -0.25) is 0 Å². The minimum absolute atomic E-state index is 0.0324. The first-order valence-electron chi connectivity index (χ1n) is 25.1. The van der Waals surface area contributed by atoms with Gasteiger partial charge in [0.15, 0.2) is 11.6 Å². The molecule has 8 fully saturated rings. The monoisotopic (exact) mass is 843 g/mol. The highest BCUT2D eigenvalue weighted by Gasteiger charge is 2.71. The second kappa shape index (κ2) is 12.5. The van der Waals surface area contributed by atoms with Crippen LogP contribution in [-0.2, 0) is 16.2 Å². The van der Waals surface area contributed by atoms with Gasteiger partial charge in [0, 0.05) is 27.7 Å². The minimum atomic E-state index is -0.490. The molecule has 4 heteroatoms. The Morgan fingerprint density at radius 2 is 1.02 bits per heavy atom. The van der Waals surface area contributed by atoms with Gasteiger partial charge in [-0.1, -0.05) is 127 Å². The number of aromatic nitrogens is 3. The second-order valence-corrected chi connectivity index (χ2v) is 22.8. The van der Waals surface area contributed by atoms with E-state index in [1.54, 1.807) is 5.56 Å². The summed E-state index contributed by atoms with van der Waals surface area (Å²) in [6.45, 7) is 0. The summed E-state index contributed by atoms with van der Waals surface area (Å²) in [7, 11) is 0. The Morgan fingerprint density at radius 1 is 0.415 bits per heavy atom. The molecule has 2 spiro atoms. The van der Waals surface area contributed by atoms with Gasteiger partial charge >= 0.3 is 0 Å². The molecule has 2 heterocycles. The number of ether oxygens (including phenoxy) is 1. The number of benzene rings is 6. The Bertz CT molecular complexity index is 3100. The molecule has 17 rings (SSSR count). The molecule has 4 nitrogen and oxygen atoms in total. The van der Waals surface area contributed by atoms with E-state index < -0.39 is 5.41 Å². The van der Waals surface area contributed by atoms with Gasteiger partial charge in [0.2, 0.25) is 0 Å². The van der Waals surface area contributed by atoms with E-state index in [9.17, 15) is 0 Å². The number of hydrogen-bond donors (Lipinski definition) is 0. The molecule has 7 bridgehead atoms. The predicted octanol–water partition coefficient (Wildman–Crippen LogP) is 14.3. The summed E-state index contributed by atoms with van der Waals surface area (Å²) in [5.41, 5.74) is 14.1. The summed E-state index contributed by atoms with van der Waals surface area (Å²) in [6, 6.07) is 52.0. The molecule has 2 unspecified atom stereocenters. The molecule has 10 aliphatic rings. The van der Waals surface area contributed by atoms with Crippen LogP contribution in [0.4, 0.5) is 0 Å². The molecule has 0 saturated heterocycles. The van der Waals surface area contributed by atoms with Crippen molar-refractivity contribution in [2.75, 3.05) is 0 Å². The zero-order chi connectivity index (χ0) is 42.3. The lowest BCUT2D eigenvalue weighted by atomic mass is 9.49. The van der Waals surface area contributed by atoms with Crippen LogP contribution in [0.5, 0.6) is 11.5 Å². The summed E-state index contributed by atoms with van der Waals surface area (Å²) < 4.78 is 6.99. The van der Waals surface area contributed by atoms with Gasteiger partial charge in [0.25, 0.3) is 0 Å². The van der Waals surface area contributed by atoms with Crippen LogP contribution < -0.4 is 4.74 Å². The molecule has 6 aromatic carbocycles. The fraction of sp³-hybridized carbons (Fsp3) is 0.361. The van der Waals surface area contributed by atoms with E-state index in [4.69, 9.17) is 19.7 Å².